The van der Waals surface area contributed by atoms with E-state index in [1.54, 1.807) is 7.05 Å². The van der Waals surface area contributed by atoms with Crippen molar-refractivity contribution in [2.45, 2.75) is 44.1 Å². The minimum absolute atomic E-state index is 0.0289. The Morgan fingerprint density at radius 2 is 2.14 bits per heavy atom. The summed E-state index contributed by atoms with van der Waals surface area (Å²) in [5.41, 5.74) is -0.881. The number of nitrogens with one attached hydrogen (secondary N) is 1. The van der Waals surface area contributed by atoms with Crippen molar-refractivity contribution in [1.82, 2.24) is 9.97 Å². The SMILES string of the molecule is COc1c(N(C)C2(CC(=O)O)CCCCC2)nc[nH]c1=O. The summed E-state index contributed by atoms with van der Waals surface area (Å²) in [7, 11) is 3.20. The highest BCUT2D eigenvalue weighted by Crippen LogP contribution is 2.39. The Bertz CT molecular complexity index is 564. The van der Waals surface area contributed by atoms with Crippen molar-refractivity contribution < 1.29 is 14.6 Å². The molecule has 0 aliphatic heterocycles. The van der Waals surface area contributed by atoms with Gasteiger partial charge in [-0.15, -0.1) is 0 Å². The third kappa shape index (κ3) is 3.01. The maximum Gasteiger partial charge on any atom is 0.305 e. The molecule has 0 bridgehead atoms. The molecule has 0 atom stereocenters. The second-order valence-electron chi connectivity index (χ2n) is 5.50. The molecule has 1 aromatic rings. The molecule has 0 amide bonds. The number of ether oxygens (including phenoxy) is 1. The molecule has 2 N–H and O–H groups in total. The number of carboxylic acids is 1. The van der Waals surface area contributed by atoms with Gasteiger partial charge < -0.3 is 19.7 Å². The molecule has 0 unspecified atom stereocenters. The van der Waals surface area contributed by atoms with Gasteiger partial charge in [-0.2, -0.15) is 0 Å². The van der Waals surface area contributed by atoms with Crippen LogP contribution in [-0.4, -0.2) is 40.7 Å². The highest BCUT2D eigenvalue weighted by atomic mass is 16.5. The van der Waals surface area contributed by atoms with E-state index in [-0.39, 0.29) is 17.7 Å². The molecule has 1 aromatic heterocycles. The number of hydrogen-bond donors (Lipinski definition) is 2. The van der Waals surface area contributed by atoms with E-state index in [9.17, 15) is 14.7 Å². The van der Waals surface area contributed by atoms with Crippen molar-refractivity contribution in [2.24, 2.45) is 0 Å². The molecule has 1 fully saturated rings. The van der Waals surface area contributed by atoms with E-state index in [2.05, 4.69) is 9.97 Å². The fraction of sp³-hybridized carbons (Fsp3) is 0.643. The maximum atomic E-state index is 11.8. The molecular weight excluding hydrogens is 274 g/mol. The van der Waals surface area contributed by atoms with Crippen LogP contribution in [-0.2, 0) is 4.79 Å². The van der Waals surface area contributed by atoms with E-state index in [0.29, 0.717) is 5.82 Å². The van der Waals surface area contributed by atoms with Crippen LogP contribution in [0, 0.1) is 0 Å². The van der Waals surface area contributed by atoms with Crippen LogP contribution in [0.5, 0.6) is 5.75 Å². The first kappa shape index (κ1) is 15.3. The first-order valence-corrected chi connectivity index (χ1v) is 7.07. The summed E-state index contributed by atoms with van der Waals surface area (Å²) in [4.78, 5) is 31.6. The van der Waals surface area contributed by atoms with E-state index < -0.39 is 11.5 Å². The average Bonchev–Trinajstić information content (AvgIpc) is 2.46. The Kier molecular flexibility index (Phi) is 4.50. The zero-order valence-electron chi connectivity index (χ0n) is 12.4. The van der Waals surface area contributed by atoms with Gasteiger partial charge in [0.15, 0.2) is 5.82 Å². The lowest BCUT2D eigenvalue weighted by molar-refractivity contribution is -0.138. The molecule has 0 saturated heterocycles. The Hall–Kier alpha value is -2.05. The smallest absolute Gasteiger partial charge is 0.305 e. The number of hydrogen-bond acceptors (Lipinski definition) is 5. The van der Waals surface area contributed by atoms with Crippen LogP contribution in [0.1, 0.15) is 38.5 Å². The summed E-state index contributed by atoms with van der Waals surface area (Å²) in [6.07, 6.45) is 5.94. The first-order chi connectivity index (χ1) is 10.00. The number of methoxy groups -OCH3 is 1. The third-order valence-electron chi connectivity index (χ3n) is 4.29. The van der Waals surface area contributed by atoms with Crippen molar-refractivity contribution in [2.75, 3.05) is 19.1 Å². The summed E-state index contributed by atoms with van der Waals surface area (Å²) >= 11 is 0. The van der Waals surface area contributed by atoms with Crippen molar-refractivity contribution in [3.05, 3.63) is 16.7 Å². The minimum Gasteiger partial charge on any atom is -0.489 e. The van der Waals surface area contributed by atoms with Crippen LogP contribution < -0.4 is 15.2 Å². The van der Waals surface area contributed by atoms with Gasteiger partial charge in [0.1, 0.15) is 0 Å². The minimum atomic E-state index is -0.840. The van der Waals surface area contributed by atoms with Crippen LogP contribution in [0.15, 0.2) is 11.1 Å². The average molecular weight is 295 g/mol. The number of carbonyl (C=O) groups is 1. The van der Waals surface area contributed by atoms with Gasteiger partial charge in [0, 0.05) is 7.05 Å². The predicted octanol–water partition coefficient (Wildman–Crippen LogP) is 1.39. The van der Waals surface area contributed by atoms with Crippen LogP contribution in [0.4, 0.5) is 5.82 Å². The second-order valence-corrected chi connectivity index (χ2v) is 5.50. The van der Waals surface area contributed by atoms with Gasteiger partial charge in [-0.3, -0.25) is 9.59 Å². The van der Waals surface area contributed by atoms with E-state index >= 15 is 0 Å². The summed E-state index contributed by atoms with van der Waals surface area (Å²) < 4.78 is 5.14. The molecule has 1 aliphatic carbocycles. The van der Waals surface area contributed by atoms with E-state index in [1.165, 1.54) is 13.4 Å². The number of nitrogens with zero attached hydrogens (tertiary/aromatic N) is 2. The molecule has 1 heterocycles. The highest BCUT2D eigenvalue weighted by molar-refractivity contribution is 5.70. The van der Waals surface area contributed by atoms with E-state index in [0.717, 1.165) is 32.1 Å². The topological polar surface area (TPSA) is 95.5 Å². The van der Waals surface area contributed by atoms with Gasteiger partial charge in [0.2, 0.25) is 5.75 Å². The van der Waals surface area contributed by atoms with Crippen LogP contribution >= 0.6 is 0 Å². The first-order valence-electron chi connectivity index (χ1n) is 7.07. The van der Waals surface area contributed by atoms with Crippen molar-refractivity contribution >= 4 is 11.8 Å². The van der Waals surface area contributed by atoms with Crippen molar-refractivity contribution in [3.63, 3.8) is 0 Å². The summed E-state index contributed by atoms with van der Waals surface area (Å²) in [5.74, 6) is -0.327. The Balaban J connectivity index is 2.43. The molecular formula is C14H21N3O4. The molecule has 116 valence electrons. The molecule has 21 heavy (non-hydrogen) atoms. The molecule has 0 radical (unpaired) electrons. The monoisotopic (exact) mass is 295 g/mol. The van der Waals surface area contributed by atoms with Crippen LogP contribution in [0.3, 0.4) is 0 Å². The number of carboxylic acid groups (broad SMARTS) is 1. The maximum absolute atomic E-state index is 11.8. The highest BCUT2D eigenvalue weighted by Gasteiger charge is 2.40. The number of rotatable bonds is 5. The predicted molar refractivity (Wildman–Crippen MR) is 77.9 cm³/mol. The van der Waals surface area contributed by atoms with Crippen molar-refractivity contribution in [1.29, 1.82) is 0 Å². The standard InChI is InChI=1S/C14H21N3O4/c1-17(12-11(21-2)13(20)16-9-15-12)14(8-10(18)19)6-4-3-5-7-14/h9H,3-8H2,1-2H3,(H,18,19)(H,15,16,20). The molecule has 1 saturated carbocycles. The third-order valence-corrected chi connectivity index (χ3v) is 4.29. The number of aromatic amines is 1. The molecule has 1 aliphatic rings. The summed E-state index contributed by atoms with van der Waals surface area (Å²) in [5, 5.41) is 9.26. The Morgan fingerprint density at radius 3 is 2.71 bits per heavy atom. The van der Waals surface area contributed by atoms with E-state index in [4.69, 9.17) is 4.74 Å². The molecule has 7 heteroatoms. The molecule has 7 nitrogen and oxygen atoms in total. The fourth-order valence-electron chi connectivity index (χ4n) is 3.15. The van der Waals surface area contributed by atoms with Crippen LogP contribution in [0.25, 0.3) is 0 Å². The lowest BCUT2D eigenvalue weighted by Gasteiger charge is -2.44. The van der Waals surface area contributed by atoms with Crippen molar-refractivity contribution in [3.8, 4) is 5.75 Å². The van der Waals surface area contributed by atoms with Gasteiger partial charge in [-0.1, -0.05) is 19.3 Å². The Labute approximate surface area is 123 Å². The number of aliphatic carboxylic acids is 1. The number of H-pyrrole nitrogens is 1. The van der Waals surface area contributed by atoms with Gasteiger partial charge in [0.05, 0.1) is 25.4 Å². The molecule has 2 rings (SSSR count). The van der Waals surface area contributed by atoms with Gasteiger partial charge in [0.25, 0.3) is 5.56 Å². The van der Waals surface area contributed by atoms with Gasteiger partial charge >= 0.3 is 5.97 Å². The lowest BCUT2D eigenvalue weighted by Crippen LogP contribution is -2.50. The van der Waals surface area contributed by atoms with E-state index in [1.807, 2.05) is 4.90 Å². The lowest BCUT2D eigenvalue weighted by atomic mass is 9.78. The largest absolute Gasteiger partial charge is 0.489 e. The zero-order valence-corrected chi connectivity index (χ0v) is 12.4. The molecule has 0 spiro atoms. The number of aromatic nitrogens is 2. The quantitative estimate of drug-likeness (QED) is 0.852. The van der Waals surface area contributed by atoms with Gasteiger partial charge in [-0.25, -0.2) is 4.98 Å². The Morgan fingerprint density at radius 1 is 1.48 bits per heavy atom. The second kappa shape index (κ2) is 6.15. The zero-order chi connectivity index (χ0) is 15.5. The number of anilines is 1. The fourth-order valence-corrected chi connectivity index (χ4v) is 3.15. The van der Waals surface area contributed by atoms with Crippen LogP contribution in [0.2, 0.25) is 0 Å². The normalized spacial score (nSPS) is 17.2. The van der Waals surface area contributed by atoms with Gasteiger partial charge in [-0.05, 0) is 12.8 Å². The summed E-state index contributed by atoms with van der Waals surface area (Å²) in [6.45, 7) is 0. The molecule has 0 aromatic carbocycles. The summed E-state index contributed by atoms with van der Waals surface area (Å²) in [6, 6.07) is 0.